The Bertz CT molecular complexity index is 2420. The lowest BCUT2D eigenvalue weighted by Crippen LogP contribution is -2.37. The first-order valence-corrected chi connectivity index (χ1v) is 22.3. The Hall–Kier alpha value is -7.48. The van der Waals surface area contributed by atoms with Crippen LogP contribution in [0.2, 0.25) is 0 Å². The van der Waals surface area contributed by atoms with E-state index in [1.807, 2.05) is 6.92 Å². The van der Waals surface area contributed by atoms with Crippen molar-refractivity contribution in [3.8, 4) is 0 Å². The fourth-order valence-electron chi connectivity index (χ4n) is 6.38. The summed E-state index contributed by atoms with van der Waals surface area (Å²) in [6.45, 7) is 0.325. The van der Waals surface area contributed by atoms with Gasteiger partial charge in [0.05, 0.1) is 75.2 Å². The summed E-state index contributed by atoms with van der Waals surface area (Å²) < 4.78 is 36.8. The average molecular weight is 973 g/mol. The summed E-state index contributed by atoms with van der Waals surface area (Å²) in [6.07, 6.45) is 3.31. The van der Waals surface area contributed by atoms with Crippen molar-refractivity contribution >= 4 is 47.8 Å². The maximum Gasteiger partial charge on any atom is 0.338 e. The van der Waals surface area contributed by atoms with E-state index in [2.05, 4.69) is 0 Å². The molecule has 1 unspecified atom stereocenters. The van der Waals surface area contributed by atoms with Crippen LogP contribution in [0, 0.1) is 10.8 Å². The highest BCUT2D eigenvalue weighted by molar-refractivity contribution is 5.97. The number of carboxylic acid groups (broad SMARTS) is 1. The van der Waals surface area contributed by atoms with Crippen molar-refractivity contribution in [2.45, 2.75) is 46.0 Å². The smallest absolute Gasteiger partial charge is 0.338 e. The van der Waals surface area contributed by atoms with Crippen molar-refractivity contribution in [1.29, 1.82) is 0 Å². The van der Waals surface area contributed by atoms with E-state index >= 15 is 0 Å². The molecule has 4 N–H and O–H groups in total. The van der Waals surface area contributed by atoms with Crippen LogP contribution in [0.1, 0.15) is 129 Å². The van der Waals surface area contributed by atoms with Gasteiger partial charge in [-0.05, 0) is 97.8 Å². The number of rotatable bonds is 28. The molecule has 0 aliphatic carbocycles. The van der Waals surface area contributed by atoms with Gasteiger partial charge in [0, 0.05) is 0 Å². The van der Waals surface area contributed by atoms with Crippen LogP contribution in [0.5, 0.6) is 0 Å². The maximum absolute atomic E-state index is 13.1. The van der Waals surface area contributed by atoms with Crippen molar-refractivity contribution in [2.24, 2.45) is 10.8 Å². The van der Waals surface area contributed by atoms with E-state index in [9.17, 15) is 53.7 Å². The zero-order valence-corrected chi connectivity index (χ0v) is 38.8. The van der Waals surface area contributed by atoms with Crippen LogP contribution in [0.25, 0.3) is 0 Å². The third kappa shape index (κ3) is 16.3. The number of benzene rings is 4. The molecular weight excluding hydrogens is 917 g/mol. The molecule has 0 radical (unpaired) electrons. The fourth-order valence-corrected chi connectivity index (χ4v) is 6.38. The first-order valence-electron chi connectivity index (χ1n) is 22.3. The molecule has 4 aromatic carbocycles. The summed E-state index contributed by atoms with van der Waals surface area (Å²) in [4.78, 5) is 99.9. The van der Waals surface area contributed by atoms with E-state index in [0.29, 0.717) is 6.42 Å². The van der Waals surface area contributed by atoms with Crippen LogP contribution in [-0.4, -0.2) is 134 Å². The van der Waals surface area contributed by atoms with E-state index < -0.39 is 65.2 Å². The minimum atomic E-state index is -1.21. The molecule has 0 aliphatic heterocycles. The Morgan fingerprint density at radius 3 is 1.03 bits per heavy atom. The topological polar surface area (TPSA) is 282 Å². The van der Waals surface area contributed by atoms with Crippen LogP contribution >= 0.6 is 0 Å². The molecule has 70 heavy (non-hydrogen) atoms. The number of aliphatic hydroxyl groups is 3. The Kier molecular flexibility index (Phi) is 21.7. The molecule has 0 heterocycles. The molecule has 19 heteroatoms. The number of esters is 7. The number of carbonyl (C=O) groups is 8. The van der Waals surface area contributed by atoms with E-state index in [-0.39, 0.29) is 110 Å². The second-order valence-corrected chi connectivity index (χ2v) is 16.2. The molecule has 0 spiro atoms. The summed E-state index contributed by atoms with van der Waals surface area (Å²) >= 11 is 0. The Morgan fingerprint density at radius 2 is 0.700 bits per heavy atom. The SMILES string of the molecule is CCCCCC(CO)(CO)COC(=O)c1ccc(C(=O)OCCOC(=O)c2cccc(C(=O)OCC(CC)(CO)COC(=O)c3ccc(C(=O)OCCOC(=O)c4cccc(C(=O)O)c4)cc3)c2)cc1. The molecule has 374 valence electrons. The first kappa shape index (κ1) is 55.1. The van der Waals surface area contributed by atoms with Gasteiger partial charge in [-0.25, -0.2) is 38.4 Å². The molecule has 0 saturated carbocycles. The van der Waals surface area contributed by atoms with Gasteiger partial charge >= 0.3 is 47.8 Å². The number of ether oxygens (including phenoxy) is 7. The van der Waals surface area contributed by atoms with Crippen LogP contribution in [-0.2, 0) is 33.2 Å². The molecule has 19 nitrogen and oxygen atoms in total. The number of carboxylic acids is 1. The van der Waals surface area contributed by atoms with Crippen molar-refractivity contribution in [3.05, 3.63) is 142 Å². The fraction of sp³-hybridized carbons (Fsp3) is 0.373. The Labute approximate surface area is 403 Å². The van der Waals surface area contributed by atoms with E-state index in [1.165, 1.54) is 91.0 Å². The summed E-state index contributed by atoms with van der Waals surface area (Å²) in [6, 6.07) is 21.4. The van der Waals surface area contributed by atoms with Gasteiger partial charge in [0.2, 0.25) is 0 Å². The van der Waals surface area contributed by atoms with Crippen LogP contribution in [0.4, 0.5) is 0 Å². The molecule has 0 bridgehead atoms. The monoisotopic (exact) mass is 972 g/mol. The Balaban J connectivity index is 1.18. The number of hydrogen-bond acceptors (Lipinski definition) is 18. The van der Waals surface area contributed by atoms with Gasteiger partial charge in [0.1, 0.15) is 46.2 Å². The number of carbonyl (C=O) groups excluding carboxylic acids is 7. The molecule has 0 aromatic heterocycles. The maximum atomic E-state index is 13.1. The quantitative estimate of drug-likeness (QED) is 0.0309. The summed E-state index contributed by atoms with van der Waals surface area (Å²) in [7, 11) is 0. The van der Waals surface area contributed by atoms with Crippen molar-refractivity contribution in [3.63, 3.8) is 0 Å². The molecule has 0 amide bonds. The number of aromatic carboxylic acids is 1. The summed E-state index contributed by atoms with van der Waals surface area (Å²) in [5.41, 5.74) is -1.90. The van der Waals surface area contributed by atoms with Gasteiger partial charge < -0.3 is 53.6 Å². The molecule has 0 saturated heterocycles. The highest BCUT2D eigenvalue weighted by Gasteiger charge is 2.33. The molecule has 4 rings (SSSR count). The third-order valence-electron chi connectivity index (χ3n) is 11.1. The van der Waals surface area contributed by atoms with Crippen molar-refractivity contribution < 1.29 is 91.9 Å². The predicted octanol–water partition coefficient (Wildman–Crippen LogP) is 5.52. The van der Waals surface area contributed by atoms with E-state index in [1.54, 1.807) is 6.92 Å². The van der Waals surface area contributed by atoms with Crippen molar-refractivity contribution in [1.82, 2.24) is 0 Å². The van der Waals surface area contributed by atoms with Gasteiger partial charge in [0.15, 0.2) is 0 Å². The first-order chi connectivity index (χ1) is 33.6. The number of unbranched alkanes of at least 4 members (excludes halogenated alkanes) is 2. The van der Waals surface area contributed by atoms with Gasteiger partial charge in [-0.15, -0.1) is 0 Å². The molecule has 0 fully saturated rings. The lowest BCUT2D eigenvalue weighted by Gasteiger charge is -2.29. The lowest BCUT2D eigenvalue weighted by molar-refractivity contribution is -0.0296. The van der Waals surface area contributed by atoms with E-state index in [4.69, 9.17) is 38.3 Å². The normalized spacial score (nSPS) is 11.8. The largest absolute Gasteiger partial charge is 0.478 e. The minimum Gasteiger partial charge on any atom is -0.478 e. The van der Waals surface area contributed by atoms with Gasteiger partial charge in [-0.3, -0.25) is 0 Å². The molecule has 1 atom stereocenters. The highest BCUT2D eigenvalue weighted by atomic mass is 16.6. The summed E-state index contributed by atoms with van der Waals surface area (Å²) in [5.74, 6) is -6.72. The van der Waals surface area contributed by atoms with Crippen molar-refractivity contribution in [2.75, 3.05) is 66.1 Å². The predicted molar refractivity (Wildman–Crippen MR) is 245 cm³/mol. The Morgan fingerprint density at radius 1 is 0.400 bits per heavy atom. The molecule has 0 aliphatic rings. The minimum absolute atomic E-state index is 0.0130. The zero-order valence-electron chi connectivity index (χ0n) is 38.8. The number of hydrogen-bond donors (Lipinski definition) is 4. The summed E-state index contributed by atoms with van der Waals surface area (Å²) in [5, 5.41) is 39.1. The molecule has 4 aromatic rings. The second-order valence-electron chi connectivity index (χ2n) is 16.2. The average Bonchev–Trinajstić information content (AvgIpc) is 3.39. The van der Waals surface area contributed by atoms with Gasteiger partial charge in [-0.1, -0.05) is 45.2 Å². The lowest BCUT2D eigenvalue weighted by atomic mass is 9.85. The van der Waals surface area contributed by atoms with Crippen LogP contribution in [0.3, 0.4) is 0 Å². The van der Waals surface area contributed by atoms with E-state index in [0.717, 1.165) is 25.3 Å². The van der Waals surface area contributed by atoms with Crippen LogP contribution in [0.15, 0.2) is 97.1 Å². The highest BCUT2D eigenvalue weighted by Crippen LogP contribution is 2.26. The third-order valence-corrected chi connectivity index (χ3v) is 11.1. The molecular formula is C51H56O19. The van der Waals surface area contributed by atoms with Crippen LogP contribution < -0.4 is 0 Å². The van der Waals surface area contributed by atoms with Gasteiger partial charge in [0.25, 0.3) is 0 Å². The zero-order chi connectivity index (χ0) is 51.1. The standard InChI is InChI=1S/C51H56O19/c1-3-5-6-21-51(29-53,30-54)33-70-46(60)37-19-15-35(16-20-37)44(58)65-23-25-67-48(62)40-11-8-12-41(27-40)49(63)69-32-50(4-2,28-52)31-68-45(59)36-17-13-34(14-18-36)43(57)64-22-24-66-47(61)39-10-7-9-38(26-39)42(55)56/h7-20,26-27,52-54H,3-6,21-25,28-33H2,1-2H3,(H,55,56). The number of aliphatic hydroxyl groups excluding tert-OH is 3. The van der Waals surface area contributed by atoms with Gasteiger partial charge in [-0.2, -0.15) is 0 Å². The second kappa shape index (κ2) is 27.5.